The van der Waals surface area contributed by atoms with Crippen molar-refractivity contribution in [1.29, 1.82) is 0 Å². The summed E-state index contributed by atoms with van der Waals surface area (Å²) in [6.07, 6.45) is 3.88. The van der Waals surface area contributed by atoms with Crippen LogP contribution in [-0.2, 0) is 7.05 Å². The number of aryl methyl sites for hydroxylation is 1. The van der Waals surface area contributed by atoms with Gasteiger partial charge in [-0.3, -0.25) is 0 Å². The van der Waals surface area contributed by atoms with Crippen LogP contribution in [0.25, 0.3) is 0 Å². The van der Waals surface area contributed by atoms with E-state index in [-0.39, 0.29) is 7.12 Å². The van der Waals surface area contributed by atoms with E-state index in [1.165, 1.54) is 0 Å². The van der Waals surface area contributed by atoms with Crippen molar-refractivity contribution >= 4 is 18.5 Å². The predicted molar refractivity (Wildman–Crippen MR) is 47.8 cm³/mol. The summed E-state index contributed by atoms with van der Waals surface area (Å²) in [5.41, 5.74) is 0. The highest BCUT2D eigenvalue weighted by Crippen LogP contribution is 2.46. The zero-order valence-corrected chi connectivity index (χ0v) is 8.12. The minimum absolute atomic E-state index is 0.0774. The van der Waals surface area contributed by atoms with E-state index in [1.54, 1.807) is 0 Å². The second kappa shape index (κ2) is 3.40. The van der Waals surface area contributed by atoms with Crippen LogP contribution in [0.5, 0.6) is 0 Å². The van der Waals surface area contributed by atoms with Crippen molar-refractivity contribution in [1.82, 2.24) is 9.55 Å². The van der Waals surface area contributed by atoms with Crippen LogP contribution < -0.4 is 0 Å². The Labute approximate surface area is 66.5 Å². The van der Waals surface area contributed by atoms with E-state index in [2.05, 4.69) is 18.3 Å². The fraction of sp³-hybridized carbons (Fsp3) is 0.500. The molecule has 1 rings (SSSR count). The quantitative estimate of drug-likeness (QED) is 0.639. The zero-order valence-electron chi connectivity index (χ0n) is 6.40. The molecule has 4 heteroatoms. The molecule has 0 aliphatic rings. The maximum atomic E-state index is 4.20. The molecule has 2 nitrogen and oxygen atoms in total. The summed E-state index contributed by atoms with van der Waals surface area (Å²) in [5.74, 6) is 0. The topological polar surface area (TPSA) is 17.8 Å². The third kappa shape index (κ3) is 2.31. The van der Waals surface area contributed by atoms with E-state index < -0.39 is 0 Å². The molecule has 0 atom stereocenters. The van der Waals surface area contributed by atoms with Crippen molar-refractivity contribution in [3.8, 4) is 0 Å². The highest BCUT2D eigenvalue weighted by molar-refractivity contribution is 8.55. The number of nitrogens with zero attached hydrogens (tertiary/aromatic N) is 2. The number of hydrogen-bond donors (Lipinski definition) is 0. The second-order valence-corrected chi connectivity index (χ2v) is 7.25. The number of imidazole rings is 1. The van der Waals surface area contributed by atoms with Crippen molar-refractivity contribution in [2.24, 2.45) is 7.05 Å². The molecule has 0 spiro atoms. The minimum Gasteiger partial charge on any atom is -0.339 e. The monoisotopic (exact) mass is 174 g/mol. The first kappa shape index (κ1) is 8.09. The Morgan fingerprint density at radius 1 is 1.60 bits per heavy atom. The first-order chi connectivity index (χ1) is 4.68. The van der Waals surface area contributed by atoms with Crippen molar-refractivity contribution in [3.05, 3.63) is 12.5 Å². The summed E-state index contributed by atoms with van der Waals surface area (Å²) < 4.78 is 1.97. The van der Waals surface area contributed by atoms with Crippen LogP contribution in [0.3, 0.4) is 0 Å². The molecule has 10 heavy (non-hydrogen) atoms. The molecule has 0 unspecified atom stereocenters. The van der Waals surface area contributed by atoms with Gasteiger partial charge in [-0.1, -0.05) is 11.4 Å². The van der Waals surface area contributed by atoms with Gasteiger partial charge in [0.1, 0.15) is 5.03 Å². The van der Waals surface area contributed by atoms with E-state index >= 15 is 0 Å². The summed E-state index contributed by atoms with van der Waals surface area (Å²) in [4.78, 5) is 4.20. The van der Waals surface area contributed by atoms with Crippen LogP contribution in [0.2, 0.25) is 0 Å². The Balaban J connectivity index is 2.58. The van der Waals surface area contributed by atoms with Gasteiger partial charge in [0, 0.05) is 13.2 Å². The lowest BCUT2D eigenvalue weighted by molar-refractivity contribution is 0.912. The fourth-order valence-electron chi connectivity index (χ4n) is 0.623. The normalized spacial score (nSPS) is 10.8. The highest BCUT2D eigenvalue weighted by Gasteiger charge is 1.98. The van der Waals surface area contributed by atoms with Crippen molar-refractivity contribution in [2.45, 2.75) is 5.03 Å². The largest absolute Gasteiger partial charge is 0.339 e. The molecule has 0 aliphatic carbocycles. The maximum absolute atomic E-state index is 4.20. The van der Waals surface area contributed by atoms with Gasteiger partial charge in [-0.05, 0) is 20.5 Å². The molecule has 0 saturated carbocycles. The predicted octanol–water partition coefficient (Wildman–Crippen LogP) is 2.17. The second-order valence-electron chi connectivity index (χ2n) is 2.28. The molecule has 0 amide bonds. The van der Waals surface area contributed by atoms with Gasteiger partial charge in [0.05, 0.1) is 6.33 Å². The molecule has 1 aromatic heterocycles. The van der Waals surface area contributed by atoms with E-state index in [9.17, 15) is 0 Å². The van der Waals surface area contributed by atoms with Crippen molar-refractivity contribution < 1.29 is 0 Å². The number of aromatic nitrogens is 2. The molecular weight excluding hydrogens is 163 g/mol. The van der Waals surface area contributed by atoms with Gasteiger partial charge in [-0.25, -0.2) is 4.98 Å². The van der Waals surface area contributed by atoms with Crippen LogP contribution >= 0.6 is 18.5 Å². The van der Waals surface area contributed by atoms with Gasteiger partial charge < -0.3 is 4.57 Å². The Morgan fingerprint density at radius 3 is 2.70 bits per heavy atom. The van der Waals surface area contributed by atoms with Gasteiger partial charge in [0.2, 0.25) is 0 Å². The summed E-state index contributed by atoms with van der Waals surface area (Å²) in [5, 5.41) is 1.14. The molecule has 0 aromatic carbocycles. The zero-order chi connectivity index (χ0) is 7.56. The molecule has 56 valence electrons. The van der Waals surface area contributed by atoms with E-state index in [0.717, 1.165) is 5.03 Å². The molecule has 0 aliphatic heterocycles. The molecule has 0 N–H and O–H groups in total. The Hall–Kier alpha value is -0.0100. The molecule has 0 saturated heterocycles. The number of hydrogen-bond acceptors (Lipinski definition) is 2. The van der Waals surface area contributed by atoms with Crippen LogP contribution in [0, 0.1) is 0 Å². The van der Waals surface area contributed by atoms with E-state index in [0.29, 0.717) is 0 Å². The molecule has 1 heterocycles. The van der Waals surface area contributed by atoms with E-state index in [1.807, 2.05) is 35.5 Å². The summed E-state index contributed by atoms with van der Waals surface area (Å²) >= 11 is 1.85. The van der Waals surface area contributed by atoms with Crippen LogP contribution in [0.1, 0.15) is 0 Å². The SMILES string of the molecule is Cn1cnc(SP(C)C)c1. The van der Waals surface area contributed by atoms with Crippen LogP contribution in [0.4, 0.5) is 0 Å². The van der Waals surface area contributed by atoms with Crippen LogP contribution in [-0.4, -0.2) is 22.9 Å². The smallest absolute Gasteiger partial charge is 0.118 e. The summed E-state index contributed by atoms with van der Waals surface area (Å²) in [6.45, 7) is 4.46. The lowest BCUT2D eigenvalue weighted by atomic mass is 10.9. The summed E-state index contributed by atoms with van der Waals surface area (Å²) in [6, 6.07) is 0. The van der Waals surface area contributed by atoms with E-state index in [4.69, 9.17) is 0 Å². The lowest BCUT2D eigenvalue weighted by Crippen LogP contribution is -1.76. The standard InChI is InChI=1S/C6H11N2PS/c1-8-4-6(7-5-8)10-9(2)3/h4-5H,1-3H3. The average molecular weight is 174 g/mol. The lowest BCUT2D eigenvalue weighted by Gasteiger charge is -1.98. The van der Waals surface area contributed by atoms with Crippen molar-refractivity contribution in [2.75, 3.05) is 13.3 Å². The average Bonchev–Trinajstić information content (AvgIpc) is 2.13. The van der Waals surface area contributed by atoms with Gasteiger partial charge in [0.15, 0.2) is 0 Å². The molecule has 0 bridgehead atoms. The first-order valence-electron chi connectivity index (χ1n) is 3.02. The molecule has 1 aromatic rings. The number of rotatable bonds is 2. The van der Waals surface area contributed by atoms with Crippen LogP contribution in [0.15, 0.2) is 17.6 Å². The molecular formula is C6H11N2PS. The molecule has 0 radical (unpaired) electrons. The minimum atomic E-state index is 0.0774. The van der Waals surface area contributed by atoms with Gasteiger partial charge in [0.25, 0.3) is 0 Å². The Kier molecular flexibility index (Phi) is 2.75. The summed E-state index contributed by atoms with van der Waals surface area (Å²) in [7, 11) is 2.07. The first-order valence-corrected chi connectivity index (χ1v) is 6.67. The fourth-order valence-corrected chi connectivity index (χ4v) is 2.71. The van der Waals surface area contributed by atoms with Crippen molar-refractivity contribution in [3.63, 3.8) is 0 Å². The van der Waals surface area contributed by atoms with Gasteiger partial charge in [-0.15, -0.1) is 0 Å². The van der Waals surface area contributed by atoms with Gasteiger partial charge >= 0.3 is 0 Å². The Morgan fingerprint density at radius 2 is 2.30 bits per heavy atom. The highest BCUT2D eigenvalue weighted by atomic mass is 32.7. The molecule has 0 fully saturated rings. The maximum Gasteiger partial charge on any atom is 0.118 e. The third-order valence-electron chi connectivity index (χ3n) is 0.957. The third-order valence-corrected chi connectivity index (χ3v) is 3.38. The van der Waals surface area contributed by atoms with Gasteiger partial charge in [-0.2, -0.15) is 0 Å². The Bertz CT molecular complexity index is 209.